The predicted molar refractivity (Wildman–Crippen MR) is 92.1 cm³/mol. The molecule has 0 unspecified atom stereocenters. The van der Waals surface area contributed by atoms with Crippen molar-refractivity contribution in [2.75, 3.05) is 13.1 Å². The third-order valence-electron chi connectivity index (χ3n) is 2.55. The van der Waals surface area contributed by atoms with Crippen molar-refractivity contribution in [1.82, 2.24) is 20.9 Å². The second-order valence-corrected chi connectivity index (χ2v) is 6.06. The molecule has 6 nitrogen and oxygen atoms in total. The Morgan fingerprint density at radius 3 is 2.86 bits per heavy atom. The van der Waals surface area contributed by atoms with Crippen LogP contribution in [-0.4, -0.2) is 36.0 Å². The summed E-state index contributed by atoms with van der Waals surface area (Å²) in [4.78, 5) is 20.4. The van der Waals surface area contributed by atoms with Gasteiger partial charge >= 0.3 is 0 Å². The maximum Gasteiger partial charge on any atom is 0.221 e. The molecule has 1 aromatic rings. The minimum atomic E-state index is 0.0288. The van der Waals surface area contributed by atoms with Crippen LogP contribution in [0.1, 0.15) is 31.0 Å². The van der Waals surface area contributed by atoms with Gasteiger partial charge in [-0.05, 0) is 20.8 Å². The maximum atomic E-state index is 11.6. The van der Waals surface area contributed by atoms with Crippen LogP contribution in [0.25, 0.3) is 0 Å². The summed E-state index contributed by atoms with van der Waals surface area (Å²) in [5, 5.41) is 12.1. The molecule has 0 saturated carbocycles. The van der Waals surface area contributed by atoms with E-state index in [-0.39, 0.29) is 11.9 Å². The summed E-state index contributed by atoms with van der Waals surface area (Å²) in [5.41, 5.74) is 1.01. The van der Waals surface area contributed by atoms with Gasteiger partial charge in [0.25, 0.3) is 0 Å². The van der Waals surface area contributed by atoms with Gasteiger partial charge in [0.15, 0.2) is 5.96 Å². The summed E-state index contributed by atoms with van der Waals surface area (Å²) in [5.74, 6) is 0.686. The zero-order valence-electron chi connectivity index (χ0n) is 13.5. The first-order valence-corrected chi connectivity index (χ1v) is 8.22. The third-order valence-corrected chi connectivity index (χ3v) is 3.50. The predicted octanol–water partition coefficient (Wildman–Crippen LogP) is 1.59. The van der Waals surface area contributed by atoms with E-state index in [9.17, 15) is 4.79 Å². The van der Waals surface area contributed by atoms with Gasteiger partial charge in [-0.15, -0.1) is 17.9 Å². The van der Waals surface area contributed by atoms with Gasteiger partial charge in [-0.1, -0.05) is 6.08 Å². The molecule has 22 heavy (non-hydrogen) atoms. The van der Waals surface area contributed by atoms with Crippen LogP contribution >= 0.6 is 11.3 Å². The van der Waals surface area contributed by atoms with Gasteiger partial charge in [0.1, 0.15) is 5.01 Å². The van der Waals surface area contributed by atoms with Crippen molar-refractivity contribution in [3.05, 3.63) is 28.7 Å². The number of amides is 1. The minimum absolute atomic E-state index is 0.0288. The van der Waals surface area contributed by atoms with Gasteiger partial charge < -0.3 is 16.0 Å². The summed E-state index contributed by atoms with van der Waals surface area (Å²) in [6.07, 6.45) is 2.17. The van der Waals surface area contributed by atoms with Crippen LogP contribution in [0.4, 0.5) is 0 Å². The number of carbonyl (C=O) groups is 1. The van der Waals surface area contributed by atoms with Crippen LogP contribution in [0, 0.1) is 6.92 Å². The number of aryl methyl sites for hydroxylation is 1. The Bertz CT molecular complexity index is 510. The molecule has 0 bridgehead atoms. The molecule has 7 heteroatoms. The fourth-order valence-corrected chi connectivity index (χ4v) is 2.35. The number of aromatic nitrogens is 1. The zero-order valence-corrected chi connectivity index (χ0v) is 14.3. The number of hydrogen-bond acceptors (Lipinski definition) is 4. The highest BCUT2D eigenvalue weighted by molar-refractivity contribution is 7.09. The molecule has 3 N–H and O–H groups in total. The number of thiazole rings is 1. The lowest BCUT2D eigenvalue weighted by Crippen LogP contribution is -2.40. The number of guanidine groups is 1. The molecular formula is C15H25N5OS. The highest BCUT2D eigenvalue weighted by Gasteiger charge is 2.04. The lowest BCUT2D eigenvalue weighted by atomic mass is 10.3. The molecule has 0 aliphatic heterocycles. The van der Waals surface area contributed by atoms with Crippen molar-refractivity contribution in [2.45, 2.75) is 39.8 Å². The molecule has 0 spiro atoms. The average Bonchev–Trinajstić information content (AvgIpc) is 2.86. The minimum Gasteiger partial charge on any atom is -0.356 e. The SMILES string of the molecule is C=CCNC(=NCc1nc(C)cs1)NCCC(=O)NC(C)C. The summed E-state index contributed by atoms with van der Waals surface area (Å²) in [6, 6.07) is 0.160. The van der Waals surface area contributed by atoms with E-state index in [0.29, 0.717) is 32.0 Å². The smallest absolute Gasteiger partial charge is 0.221 e. The first-order chi connectivity index (χ1) is 10.5. The van der Waals surface area contributed by atoms with Crippen LogP contribution in [0.15, 0.2) is 23.0 Å². The fraction of sp³-hybridized carbons (Fsp3) is 0.533. The lowest BCUT2D eigenvalue weighted by Gasteiger charge is -2.12. The molecular weight excluding hydrogens is 298 g/mol. The molecule has 0 saturated heterocycles. The fourth-order valence-electron chi connectivity index (χ4n) is 1.65. The zero-order chi connectivity index (χ0) is 16.4. The molecule has 0 aliphatic carbocycles. The van der Waals surface area contributed by atoms with Crippen molar-refractivity contribution < 1.29 is 4.79 Å². The highest BCUT2D eigenvalue weighted by Crippen LogP contribution is 2.09. The van der Waals surface area contributed by atoms with Crippen LogP contribution in [-0.2, 0) is 11.3 Å². The van der Waals surface area contributed by atoms with Gasteiger partial charge in [0, 0.05) is 36.6 Å². The third kappa shape index (κ3) is 7.78. The summed E-state index contributed by atoms with van der Waals surface area (Å²) >= 11 is 1.59. The van der Waals surface area contributed by atoms with E-state index in [1.807, 2.05) is 26.2 Å². The van der Waals surface area contributed by atoms with Gasteiger partial charge in [-0.25, -0.2) is 9.98 Å². The first kappa shape index (κ1) is 18.2. The monoisotopic (exact) mass is 323 g/mol. The topological polar surface area (TPSA) is 78.4 Å². The number of hydrogen-bond donors (Lipinski definition) is 3. The summed E-state index contributed by atoms with van der Waals surface area (Å²) in [6.45, 7) is 11.2. The molecule has 0 aliphatic rings. The lowest BCUT2D eigenvalue weighted by molar-refractivity contribution is -0.121. The second kappa shape index (κ2) is 9.94. The van der Waals surface area contributed by atoms with E-state index in [4.69, 9.17) is 0 Å². The Morgan fingerprint density at radius 2 is 2.27 bits per heavy atom. The second-order valence-electron chi connectivity index (χ2n) is 5.12. The van der Waals surface area contributed by atoms with Crippen molar-refractivity contribution in [3.8, 4) is 0 Å². The molecule has 1 heterocycles. The summed E-state index contributed by atoms with van der Waals surface area (Å²) < 4.78 is 0. The average molecular weight is 323 g/mol. The molecule has 122 valence electrons. The number of carbonyl (C=O) groups excluding carboxylic acids is 1. The standard InChI is InChI=1S/C15H25N5OS/c1-5-7-16-15(17-8-6-13(21)19-11(2)3)18-9-14-20-12(4)10-22-14/h5,10-11H,1,6-9H2,2-4H3,(H,19,21)(H2,16,17,18). The van der Waals surface area contributed by atoms with Crippen molar-refractivity contribution in [2.24, 2.45) is 4.99 Å². The molecule has 0 radical (unpaired) electrons. The molecule has 0 aromatic carbocycles. The van der Waals surface area contributed by atoms with Crippen molar-refractivity contribution >= 4 is 23.2 Å². The highest BCUT2D eigenvalue weighted by atomic mass is 32.1. The number of nitrogens with one attached hydrogen (secondary N) is 3. The van der Waals surface area contributed by atoms with Gasteiger partial charge in [-0.2, -0.15) is 0 Å². The maximum absolute atomic E-state index is 11.6. The van der Waals surface area contributed by atoms with E-state index >= 15 is 0 Å². The van der Waals surface area contributed by atoms with E-state index in [1.54, 1.807) is 17.4 Å². The molecule has 1 amide bonds. The quantitative estimate of drug-likeness (QED) is 0.386. The number of aliphatic imine (C=N–C) groups is 1. The molecule has 0 fully saturated rings. The molecule has 1 rings (SSSR count). The van der Waals surface area contributed by atoms with Crippen LogP contribution in [0.2, 0.25) is 0 Å². The first-order valence-electron chi connectivity index (χ1n) is 7.34. The molecule has 1 aromatic heterocycles. The Hall–Kier alpha value is -1.89. The van der Waals surface area contributed by atoms with Crippen LogP contribution < -0.4 is 16.0 Å². The van der Waals surface area contributed by atoms with E-state index in [0.717, 1.165) is 10.7 Å². The van der Waals surface area contributed by atoms with Crippen molar-refractivity contribution in [3.63, 3.8) is 0 Å². The normalized spacial score (nSPS) is 11.4. The van der Waals surface area contributed by atoms with E-state index in [1.165, 1.54) is 0 Å². The van der Waals surface area contributed by atoms with Gasteiger partial charge in [-0.3, -0.25) is 4.79 Å². The van der Waals surface area contributed by atoms with Gasteiger partial charge in [0.2, 0.25) is 5.91 Å². The Balaban J connectivity index is 2.45. The molecule has 0 atom stereocenters. The Morgan fingerprint density at radius 1 is 1.50 bits per heavy atom. The number of nitrogens with zero attached hydrogens (tertiary/aromatic N) is 2. The summed E-state index contributed by atoms with van der Waals surface area (Å²) in [7, 11) is 0. The Kier molecular flexibility index (Phi) is 8.21. The van der Waals surface area contributed by atoms with Crippen molar-refractivity contribution in [1.29, 1.82) is 0 Å². The van der Waals surface area contributed by atoms with E-state index in [2.05, 4.69) is 32.5 Å². The number of rotatable bonds is 8. The van der Waals surface area contributed by atoms with E-state index < -0.39 is 0 Å². The van der Waals surface area contributed by atoms with Gasteiger partial charge in [0.05, 0.1) is 6.54 Å². The van der Waals surface area contributed by atoms with Crippen LogP contribution in [0.3, 0.4) is 0 Å². The van der Waals surface area contributed by atoms with Crippen LogP contribution in [0.5, 0.6) is 0 Å². The Labute approximate surface area is 136 Å². The largest absolute Gasteiger partial charge is 0.356 e.